The first kappa shape index (κ1) is 16.8. The second-order valence-electron chi connectivity index (χ2n) is 2.39. The number of nitrogens with two attached hydrogens (primary N) is 1. The first-order valence-electron chi connectivity index (χ1n) is 4.78. The highest BCUT2D eigenvalue weighted by Crippen LogP contribution is 1.90. The maximum Gasteiger partial charge on any atom is 0.258 e. The van der Waals surface area contributed by atoms with Crippen LogP contribution in [0.15, 0.2) is 0 Å². The summed E-state index contributed by atoms with van der Waals surface area (Å²) in [5.41, 5.74) is 4.91. The Balaban J connectivity index is 0. The van der Waals surface area contributed by atoms with Gasteiger partial charge in [-0.05, 0) is 45.2 Å². The molecule has 0 unspecified atom stereocenters. The van der Waals surface area contributed by atoms with Crippen LogP contribution in [0.4, 0.5) is 0 Å². The van der Waals surface area contributed by atoms with Crippen molar-refractivity contribution in [3.63, 3.8) is 0 Å². The van der Waals surface area contributed by atoms with E-state index in [1.54, 1.807) is 7.11 Å². The summed E-state index contributed by atoms with van der Waals surface area (Å²) in [6.45, 7) is 8.34. The molecule has 90 valence electrons. The third-order valence-electron chi connectivity index (χ3n) is 1.48. The molecule has 0 aromatic carbocycles. The monoisotopic (exact) mass is 252 g/mol. The van der Waals surface area contributed by atoms with E-state index in [1.165, 1.54) is 0 Å². The van der Waals surface area contributed by atoms with Crippen molar-refractivity contribution in [2.45, 2.75) is 20.8 Å². The summed E-state index contributed by atoms with van der Waals surface area (Å²) >= 11 is 9.23. The first-order valence-corrected chi connectivity index (χ1v) is 5.60. The molecule has 0 aliphatic rings. The number of methoxy groups -OCH3 is 1. The molecule has 4 nitrogen and oxygen atoms in total. The van der Waals surface area contributed by atoms with Crippen molar-refractivity contribution >= 4 is 34.8 Å². The van der Waals surface area contributed by atoms with Crippen LogP contribution in [0.3, 0.4) is 0 Å². The Morgan fingerprint density at radius 2 is 1.67 bits per heavy atom. The highest BCUT2D eigenvalue weighted by Gasteiger charge is 2.01. The smallest absolute Gasteiger partial charge is 0.258 e. The average molecular weight is 252 g/mol. The fourth-order valence-electron chi connectivity index (χ4n) is 0.753. The van der Waals surface area contributed by atoms with Gasteiger partial charge in [-0.15, -0.1) is 0 Å². The Kier molecular flexibility index (Phi) is 12.8. The van der Waals surface area contributed by atoms with Gasteiger partial charge in [0.05, 0.1) is 13.7 Å². The molecule has 0 fully saturated rings. The van der Waals surface area contributed by atoms with E-state index in [-0.39, 0.29) is 5.17 Å². The van der Waals surface area contributed by atoms with E-state index >= 15 is 0 Å². The Morgan fingerprint density at radius 1 is 1.20 bits per heavy atom. The SMILES string of the molecule is CCN(CC)C(=S)OC.CCOC(N)=S. The normalized spacial score (nSPS) is 8.27. The molecule has 0 saturated carbocycles. The molecule has 0 atom stereocenters. The van der Waals surface area contributed by atoms with Gasteiger partial charge >= 0.3 is 0 Å². The third-order valence-corrected chi connectivity index (χ3v) is 2.03. The van der Waals surface area contributed by atoms with Crippen molar-refractivity contribution in [1.82, 2.24) is 4.90 Å². The van der Waals surface area contributed by atoms with Crippen LogP contribution in [-0.2, 0) is 9.47 Å². The summed E-state index contributed by atoms with van der Waals surface area (Å²) in [5, 5.41) is 0.706. The zero-order valence-electron chi connectivity index (χ0n) is 9.78. The van der Waals surface area contributed by atoms with E-state index in [4.69, 9.17) is 22.7 Å². The van der Waals surface area contributed by atoms with Crippen LogP contribution < -0.4 is 5.73 Å². The van der Waals surface area contributed by atoms with Crippen LogP contribution in [0, 0.1) is 0 Å². The molecule has 0 rings (SSSR count). The van der Waals surface area contributed by atoms with Crippen LogP contribution in [0.2, 0.25) is 0 Å². The molecule has 0 aromatic heterocycles. The van der Waals surface area contributed by atoms with Crippen LogP contribution in [-0.4, -0.2) is 42.1 Å². The van der Waals surface area contributed by atoms with Gasteiger partial charge in [0.1, 0.15) is 0 Å². The fraction of sp³-hybridized carbons (Fsp3) is 0.778. The fourth-order valence-corrected chi connectivity index (χ4v) is 1.13. The molecule has 0 saturated heterocycles. The van der Waals surface area contributed by atoms with Crippen LogP contribution in [0.1, 0.15) is 20.8 Å². The van der Waals surface area contributed by atoms with E-state index in [9.17, 15) is 0 Å². The number of ether oxygens (including phenoxy) is 2. The number of hydrogen-bond donors (Lipinski definition) is 1. The van der Waals surface area contributed by atoms with Crippen molar-refractivity contribution in [1.29, 1.82) is 0 Å². The third kappa shape index (κ3) is 11.3. The van der Waals surface area contributed by atoms with Crippen LogP contribution in [0.5, 0.6) is 0 Å². The number of nitrogens with zero attached hydrogens (tertiary/aromatic N) is 1. The van der Waals surface area contributed by atoms with E-state index in [2.05, 4.69) is 30.8 Å². The Labute approximate surface area is 103 Å². The zero-order chi connectivity index (χ0) is 12.3. The molecule has 2 N–H and O–H groups in total. The van der Waals surface area contributed by atoms with Crippen molar-refractivity contribution in [3.05, 3.63) is 0 Å². The molecule has 0 heterocycles. The van der Waals surface area contributed by atoms with Crippen molar-refractivity contribution in [3.8, 4) is 0 Å². The zero-order valence-corrected chi connectivity index (χ0v) is 11.4. The minimum Gasteiger partial charge on any atom is -0.474 e. The van der Waals surface area contributed by atoms with E-state index in [0.29, 0.717) is 11.8 Å². The lowest BCUT2D eigenvalue weighted by molar-refractivity contribution is 0.309. The highest BCUT2D eigenvalue weighted by atomic mass is 32.1. The maximum absolute atomic E-state index is 4.91. The molecular formula is C9H20N2O2S2. The Morgan fingerprint density at radius 3 is 1.73 bits per heavy atom. The van der Waals surface area contributed by atoms with Crippen LogP contribution in [0.25, 0.3) is 0 Å². The highest BCUT2D eigenvalue weighted by molar-refractivity contribution is 7.80. The Hall–Kier alpha value is -0.620. The quantitative estimate of drug-likeness (QED) is 0.769. The molecule has 6 heteroatoms. The molecule has 0 radical (unpaired) electrons. The molecule has 15 heavy (non-hydrogen) atoms. The second kappa shape index (κ2) is 11.5. The van der Waals surface area contributed by atoms with Gasteiger partial charge in [-0.2, -0.15) is 0 Å². The summed E-state index contributed by atoms with van der Waals surface area (Å²) < 4.78 is 9.40. The van der Waals surface area contributed by atoms with E-state index in [0.717, 1.165) is 13.1 Å². The largest absolute Gasteiger partial charge is 0.474 e. The molecule has 0 spiro atoms. The number of rotatable bonds is 3. The van der Waals surface area contributed by atoms with E-state index in [1.807, 2.05) is 11.8 Å². The van der Waals surface area contributed by atoms with Gasteiger partial charge in [0.25, 0.3) is 10.3 Å². The summed E-state index contributed by atoms with van der Waals surface area (Å²) in [7, 11) is 1.60. The van der Waals surface area contributed by atoms with Gasteiger partial charge in [-0.1, -0.05) is 0 Å². The summed E-state index contributed by atoms with van der Waals surface area (Å²) in [4.78, 5) is 1.98. The lowest BCUT2D eigenvalue weighted by Gasteiger charge is -2.19. The minimum atomic E-state index is 0.123. The standard InChI is InChI=1S/C6H13NOS.C3H7NOS/c1-4-7(5-2)6(9)8-3;1-2-5-3(4)6/h4-5H2,1-3H3;2H2,1H3,(H2,4,6). The molecule has 0 aromatic rings. The van der Waals surface area contributed by atoms with Gasteiger partial charge in [0.2, 0.25) is 0 Å². The van der Waals surface area contributed by atoms with Gasteiger partial charge in [-0.3, -0.25) is 0 Å². The summed E-state index contributed by atoms with van der Waals surface area (Å²) in [6, 6.07) is 0. The van der Waals surface area contributed by atoms with Gasteiger partial charge in [0, 0.05) is 13.1 Å². The number of thiocarbonyl (C=S) groups is 2. The van der Waals surface area contributed by atoms with Gasteiger partial charge in [-0.25, -0.2) is 0 Å². The maximum atomic E-state index is 4.91. The summed E-state index contributed by atoms with van der Waals surface area (Å²) in [5.74, 6) is 0. The first-order chi connectivity index (χ1) is 7.03. The lowest BCUT2D eigenvalue weighted by atomic mass is 10.6. The second-order valence-corrected chi connectivity index (χ2v) is 3.15. The van der Waals surface area contributed by atoms with Crippen molar-refractivity contribution in [2.75, 3.05) is 26.8 Å². The minimum absolute atomic E-state index is 0.123. The topological polar surface area (TPSA) is 47.7 Å². The van der Waals surface area contributed by atoms with Crippen molar-refractivity contribution in [2.24, 2.45) is 5.73 Å². The molecule has 0 amide bonds. The van der Waals surface area contributed by atoms with Crippen molar-refractivity contribution < 1.29 is 9.47 Å². The lowest BCUT2D eigenvalue weighted by Crippen LogP contribution is -2.29. The molecule has 0 aliphatic heterocycles. The molecule has 0 bridgehead atoms. The molecular weight excluding hydrogens is 232 g/mol. The van der Waals surface area contributed by atoms with E-state index < -0.39 is 0 Å². The summed E-state index contributed by atoms with van der Waals surface area (Å²) in [6.07, 6.45) is 0. The number of hydrogen-bond acceptors (Lipinski definition) is 4. The average Bonchev–Trinajstić information content (AvgIpc) is 2.20. The predicted octanol–water partition coefficient (Wildman–Crippen LogP) is 1.53. The predicted molar refractivity (Wildman–Crippen MR) is 70.9 cm³/mol. The van der Waals surface area contributed by atoms with Crippen LogP contribution >= 0.6 is 24.4 Å². The molecule has 0 aliphatic carbocycles. The Bertz CT molecular complexity index is 185. The van der Waals surface area contributed by atoms with Gasteiger partial charge in [0.15, 0.2) is 0 Å². The van der Waals surface area contributed by atoms with Gasteiger partial charge < -0.3 is 20.1 Å².